The molecule has 0 amide bonds. The van der Waals surface area contributed by atoms with Crippen LogP contribution in [-0.2, 0) is 0 Å². The quantitative estimate of drug-likeness (QED) is 0.162. The molecule has 262 valence electrons. The summed E-state index contributed by atoms with van der Waals surface area (Å²) in [7, 11) is 0. The number of rotatable bonds is 6. The molecule has 2 aromatic heterocycles. The van der Waals surface area contributed by atoms with Crippen LogP contribution in [0.2, 0.25) is 0 Å². The molecule has 0 fully saturated rings. The van der Waals surface area contributed by atoms with Crippen molar-refractivity contribution in [1.82, 2.24) is 9.13 Å². The molecule has 0 saturated carbocycles. The maximum absolute atomic E-state index is 2.44. The van der Waals surface area contributed by atoms with Gasteiger partial charge >= 0.3 is 0 Å². The van der Waals surface area contributed by atoms with E-state index in [9.17, 15) is 0 Å². The van der Waals surface area contributed by atoms with Crippen LogP contribution in [0.4, 0.5) is 0 Å². The van der Waals surface area contributed by atoms with Crippen molar-refractivity contribution in [3.63, 3.8) is 0 Å². The minimum atomic E-state index is 1.17. The fourth-order valence-corrected chi connectivity index (χ4v) is 8.75. The Morgan fingerprint density at radius 3 is 1.48 bits per heavy atom. The topological polar surface area (TPSA) is 9.86 Å². The highest BCUT2D eigenvalue weighted by atomic mass is 15.0. The summed E-state index contributed by atoms with van der Waals surface area (Å²) in [6.45, 7) is 0. The zero-order valence-electron chi connectivity index (χ0n) is 30.7. The number of hydrogen-bond donors (Lipinski definition) is 0. The van der Waals surface area contributed by atoms with E-state index in [1.165, 1.54) is 99.5 Å². The van der Waals surface area contributed by atoms with Gasteiger partial charge in [0.1, 0.15) is 0 Å². The summed E-state index contributed by atoms with van der Waals surface area (Å²) in [4.78, 5) is 0. The van der Waals surface area contributed by atoms with Crippen LogP contribution in [0, 0.1) is 0 Å². The largest absolute Gasteiger partial charge is 0.309 e. The lowest BCUT2D eigenvalue weighted by atomic mass is 9.96. The number of hydrogen-bond acceptors (Lipinski definition) is 0. The SMILES string of the molecule is c1ccc(-c2ccc(-c3ccc4c(c3)c3ccccc3n4-c3ccccc3-c3ccc(-c4cccc5c4c4ccccc4n5-c4ccccc4)cc3)cc2)cc1. The standard InChI is InChI=1S/C54H36N2/c1-3-14-37(15-4-1)38-26-28-39(29-27-38)42-34-35-52-48(36-42)46-19-8-11-23-50(46)56(52)49-22-10-7-18-44(49)40-30-32-41(33-31-40)45-21-13-25-53-54(45)47-20-9-12-24-51(47)55(53)43-16-5-2-6-17-43/h1-36H. The first kappa shape index (κ1) is 32.0. The van der Waals surface area contributed by atoms with Gasteiger partial charge in [-0.1, -0.05) is 170 Å². The van der Waals surface area contributed by atoms with Gasteiger partial charge < -0.3 is 9.13 Å². The van der Waals surface area contributed by atoms with E-state index in [-0.39, 0.29) is 0 Å². The number of para-hydroxylation sites is 4. The number of fused-ring (bicyclic) bond motifs is 6. The van der Waals surface area contributed by atoms with Crippen molar-refractivity contribution in [1.29, 1.82) is 0 Å². The third kappa shape index (κ3) is 5.19. The van der Waals surface area contributed by atoms with Crippen LogP contribution >= 0.6 is 0 Å². The fourth-order valence-electron chi connectivity index (χ4n) is 8.75. The lowest BCUT2D eigenvalue weighted by Gasteiger charge is -2.15. The van der Waals surface area contributed by atoms with Crippen LogP contribution in [0.25, 0.3) is 99.5 Å². The van der Waals surface area contributed by atoms with E-state index in [4.69, 9.17) is 0 Å². The van der Waals surface area contributed by atoms with E-state index in [0.29, 0.717) is 0 Å². The summed E-state index contributed by atoms with van der Waals surface area (Å²) >= 11 is 0. The zero-order valence-corrected chi connectivity index (χ0v) is 30.7. The van der Waals surface area contributed by atoms with Crippen molar-refractivity contribution in [3.8, 4) is 55.9 Å². The first-order valence-electron chi connectivity index (χ1n) is 19.3. The van der Waals surface area contributed by atoms with Gasteiger partial charge in [-0.2, -0.15) is 0 Å². The Hall–Kier alpha value is -7.42. The normalized spacial score (nSPS) is 11.6. The van der Waals surface area contributed by atoms with Gasteiger partial charge in [-0.05, 0) is 87.5 Å². The highest BCUT2D eigenvalue weighted by Gasteiger charge is 2.18. The molecule has 0 bridgehead atoms. The number of aromatic nitrogens is 2. The molecule has 0 aliphatic heterocycles. The predicted molar refractivity (Wildman–Crippen MR) is 237 cm³/mol. The summed E-state index contributed by atoms with van der Waals surface area (Å²) in [6, 6.07) is 79.3. The van der Waals surface area contributed by atoms with Crippen LogP contribution in [0.1, 0.15) is 0 Å². The summed E-state index contributed by atoms with van der Waals surface area (Å²) in [6.07, 6.45) is 0. The summed E-state index contributed by atoms with van der Waals surface area (Å²) < 4.78 is 4.82. The molecule has 2 nitrogen and oxygen atoms in total. The van der Waals surface area contributed by atoms with Crippen LogP contribution in [-0.4, -0.2) is 9.13 Å². The van der Waals surface area contributed by atoms with Crippen LogP contribution < -0.4 is 0 Å². The van der Waals surface area contributed by atoms with Crippen molar-refractivity contribution in [2.45, 2.75) is 0 Å². The Bertz CT molecular complexity index is 3200. The van der Waals surface area contributed by atoms with Gasteiger partial charge in [0.15, 0.2) is 0 Å². The van der Waals surface area contributed by atoms with E-state index >= 15 is 0 Å². The molecule has 2 heterocycles. The second kappa shape index (κ2) is 13.2. The average molecular weight is 713 g/mol. The van der Waals surface area contributed by atoms with Crippen LogP contribution in [0.15, 0.2) is 218 Å². The molecule has 0 saturated heterocycles. The van der Waals surface area contributed by atoms with Crippen molar-refractivity contribution in [3.05, 3.63) is 218 Å². The molecule has 0 unspecified atom stereocenters. The molecule has 0 N–H and O–H groups in total. The lowest BCUT2D eigenvalue weighted by Crippen LogP contribution is -1.97. The second-order valence-electron chi connectivity index (χ2n) is 14.5. The highest BCUT2D eigenvalue weighted by Crippen LogP contribution is 2.41. The first-order valence-corrected chi connectivity index (χ1v) is 19.3. The first-order chi connectivity index (χ1) is 27.8. The van der Waals surface area contributed by atoms with E-state index in [2.05, 4.69) is 228 Å². The van der Waals surface area contributed by atoms with Gasteiger partial charge in [-0.3, -0.25) is 0 Å². The second-order valence-corrected chi connectivity index (χ2v) is 14.5. The fraction of sp³-hybridized carbons (Fsp3) is 0. The third-order valence-electron chi connectivity index (χ3n) is 11.4. The van der Waals surface area contributed by atoms with E-state index < -0.39 is 0 Å². The van der Waals surface area contributed by atoms with Crippen molar-refractivity contribution < 1.29 is 0 Å². The van der Waals surface area contributed by atoms with Gasteiger partial charge in [0.25, 0.3) is 0 Å². The lowest BCUT2D eigenvalue weighted by molar-refractivity contribution is 1.18. The molecule has 11 rings (SSSR count). The maximum Gasteiger partial charge on any atom is 0.0547 e. The van der Waals surface area contributed by atoms with Crippen LogP contribution in [0.5, 0.6) is 0 Å². The summed E-state index contributed by atoms with van der Waals surface area (Å²) in [5.74, 6) is 0. The molecular formula is C54H36N2. The van der Waals surface area contributed by atoms with E-state index in [1.54, 1.807) is 0 Å². The Balaban J connectivity index is 1.01. The maximum atomic E-state index is 2.44. The molecule has 0 spiro atoms. The number of nitrogens with zero attached hydrogens (tertiary/aromatic N) is 2. The highest BCUT2D eigenvalue weighted by molar-refractivity contribution is 6.16. The molecule has 2 heteroatoms. The Morgan fingerprint density at radius 1 is 0.250 bits per heavy atom. The monoisotopic (exact) mass is 712 g/mol. The molecule has 56 heavy (non-hydrogen) atoms. The molecule has 0 radical (unpaired) electrons. The molecule has 11 aromatic rings. The van der Waals surface area contributed by atoms with Crippen LogP contribution in [0.3, 0.4) is 0 Å². The zero-order chi connectivity index (χ0) is 37.0. The van der Waals surface area contributed by atoms with Crippen molar-refractivity contribution >= 4 is 43.6 Å². The molecule has 0 atom stereocenters. The van der Waals surface area contributed by atoms with Crippen molar-refractivity contribution in [2.24, 2.45) is 0 Å². The molecular weight excluding hydrogens is 677 g/mol. The van der Waals surface area contributed by atoms with Gasteiger partial charge in [-0.25, -0.2) is 0 Å². The van der Waals surface area contributed by atoms with Gasteiger partial charge in [0, 0.05) is 32.8 Å². The van der Waals surface area contributed by atoms with E-state index in [0.717, 1.165) is 0 Å². The average Bonchev–Trinajstić information content (AvgIpc) is 3.80. The summed E-state index contributed by atoms with van der Waals surface area (Å²) in [5.41, 5.74) is 16.9. The third-order valence-corrected chi connectivity index (χ3v) is 11.4. The molecule has 0 aliphatic carbocycles. The molecule has 9 aromatic carbocycles. The summed E-state index contributed by atoms with van der Waals surface area (Å²) in [5, 5.41) is 5.03. The van der Waals surface area contributed by atoms with Crippen molar-refractivity contribution in [2.75, 3.05) is 0 Å². The Kier molecular flexibility index (Phi) is 7.53. The van der Waals surface area contributed by atoms with Gasteiger partial charge in [0.2, 0.25) is 0 Å². The predicted octanol–water partition coefficient (Wildman–Crippen LogP) is 14.5. The Labute approximate surface area is 325 Å². The number of benzene rings is 9. The minimum Gasteiger partial charge on any atom is -0.309 e. The molecule has 0 aliphatic rings. The van der Waals surface area contributed by atoms with Gasteiger partial charge in [-0.15, -0.1) is 0 Å². The Morgan fingerprint density at radius 2 is 0.732 bits per heavy atom. The minimum absolute atomic E-state index is 1.17. The van der Waals surface area contributed by atoms with E-state index in [1.807, 2.05) is 0 Å². The smallest absolute Gasteiger partial charge is 0.0547 e. The van der Waals surface area contributed by atoms with Gasteiger partial charge in [0.05, 0.1) is 27.8 Å².